The molecule has 0 bridgehead atoms. The zero-order valence-corrected chi connectivity index (χ0v) is 20.4. The van der Waals surface area contributed by atoms with Crippen molar-refractivity contribution >= 4 is 23.4 Å². The third-order valence-electron chi connectivity index (χ3n) is 6.43. The van der Waals surface area contributed by atoms with Crippen LogP contribution in [0.3, 0.4) is 0 Å². The topological polar surface area (TPSA) is 73.9 Å². The van der Waals surface area contributed by atoms with Crippen molar-refractivity contribution in [1.82, 2.24) is 5.32 Å². The van der Waals surface area contributed by atoms with E-state index in [1.165, 1.54) is 0 Å². The average molecular weight is 482 g/mol. The van der Waals surface area contributed by atoms with Crippen molar-refractivity contribution in [3.63, 3.8) is 0 Å². The summed E-state index contributed by atoms with van der Waals surface area (Å²) in [5.74, 6) is -0.419. The lowest BCUT2D eigenvalue weighted by Gasteiger charge is -2.40. The lowest BCUT2D eigenvalue weighted by Crippen LogP contribution is -2.42. The number of ether oxygens (including phenoxy) is 3. The molecule has 1 N–H and O–H groups in total. The molecule has 4 rings (SSSR count). The van der Waals surface area contributed by atoms with Gasteiger partial charge in [0, 0.05) is 46.3 Å². The Kier molecular flexibility index (Phi) is 6.98. The van der Waals surface area contributed by atoms with Gasteiger partial charge in [-0.1, -0.05) is 35.9 Å². The van der Waals surface area contributed by atoms with Crippen LogP contribution in [0, 0.1) is 5.92 Å². The van der Waals surface area contributed by atoms with Crippen LogP contribution < -0.4 is 14.8 Å². The molecule has 0 saturated carbocycles. The summed E-state index contributed by atoms with van der Waals surface area (Å²) in [4.78, 5) is 26.8. The first-order valence-electron chi connectivity index (χ1n) is 11.2. The molecule has 0 amide bonds. The Bertz CT molecular complexity index is 1170. The zero-order valence-electron chi connectivity index (χ0n) is 19.7. The molecule has 2 aromatic carbocycles. The summed E-state index contributed by atoms with van der Waals surface area (Å²) < 4.78 is 16.4. The molecule has 1 aliphatic carbocycles. The molecule has 1 aliphatic heterocycles. The van der Waals surface area contributed by atoms with E-state index in [0.717, 1.165) is 16.8 Å². The Morgan fingerprint density at radius 1 is 1.09 bits per heavy atom. The highest BCUT2D eigenvalue weighted by Crippen LogP contribution is 2.48. The number of rotatable bonds is 6. The summed E-state index contributed by atoms with van der Waals surface area (Å²) in [7, 11) is 3.14. The lowest BCUT2D eigenvalue weighted by atomic mass is 9.68. The van der Waals surface area contributed by atoms with Crippen LogP contribution in [0.2, 0.25) is 5.02 Å². The van der Waals surface area contributed by atoms with Gasteiger partial charge in [-0.15, -0.1) is 0 Å². The van der Waals surface area contributed by atoms with Crippen LogP contribution in [0.25, 0.3) is 0 Å². The number of esters is 1. The number of benzene rings is 2. The van der Waals surface area contributed by atoms with Crippen LogP contribution in [0.5, 0.6) is 11.5 Å². The summed E-state index contributed by atoms with van der Waals surface area (Å²) in [5, 5.41) is 3.99. The van der Waals surface area contributed by atoms with Crippen molar-refractivity contribution in [1.29, 1.82) is 0 Å². The zero-order chi connectivity index (χ0) is 24.4. The highest BCUT2D eigenvalue weighted by molar-refractivity contribution is 6.30. The third kappa shape index (κ3) is 4.42. The van der Waals surface area contributed by atoms with Gasteiger partial charge in [0.05, 0.1) is 32.3 Å². The minimum atomic E-state index is -0.561. The number of ketones is 1. The molecule has 2 aliphatic rings. The summed E-state index contributed by atoms with van der Waals surface area (Å²) >= 11 is 6.05. The largest absolute Gasteiger partial charge is 0.497 e. The van der Waals surface area contributed by atoms with Gasteiger partial charge in [0.15, 0.2) is 0 Å². The fourth-order valence-electron chi connectivity index (χ4n) is 4.89. The Morgan fingerprint density at radius 2 is 1.82 bits per heavy atom. The van der Waals surface area contributed by atoms with Crippen LogP contribution in [-0.2, 0) is 14.3 Å². The van der Waals surface area contributed by atoms with Gasteiger partial charge in [-0.3, -0.25) is 4.79 Å². The van der Waals surface area contributed by atoms with E-state index in [2.05, 4.69) is 11.4 Å². The van der Waals surface area contributed by atoms with E-state index < -0.39 is 17.8 Å². The van der Waals surface area contributed by atoms with Crippen LogP contribution in [0.1, 0.15) is 43.2 Å². The van der Waals surface area contributed by atoms with E-state index in [-0.39, 0.29) is 18.3 Å². The van der Waals surface area contributed by atoms with E-state index in [1.807, 2.05) is 43.3 Å². The molecule has 0 saturated heterocycles. The Balaban J connectivity index is 1.86. The van der Waals surface area contributed by atoms with Crippen LogP contribution in [-0.4, -0.2) is 32.6 Å². The second kappa shape index (κ2) is 9.94. The first-order valence-corrected chi connectivity index (χ1v) is 11.6. The molecule has 2 aromatic rings. The molecule has 34 heavy (non-hydrogen) atoms. The van der Waals surface area contributed by atoms with Gasteiger partial charge in [-0.2, -0.15) is 0 Å². The first kappa shape index (κ1) is 23.9. The van der Waals surface area contributed by atoms with Crippen LogP contribution >= 0.6 is 11.6 Å². The number of carbonyl (C=O) groups is 2. The first-order chi connectivity index (χ1) is 16.4. The van der Waals surface area contributed by atoms with Crippen LogP contribution in [0.4, 0.5) is 0 Å². The van der Waals surface area contributed by atoms with E-state index in [0.29, 0.717) is 34.2 Å². The van der Waals surface area contributed by atoms with Crippen LogP contribution in [0.15, 0.2) is 65.5 Å². The quantitative estimate of drug-likeness (QED) is 0.576. The Morgan fingerprint density at radius 3 is 2.47 bits per heavy atom. The molecule has 0 spiro atoms. The maximum atomic E-state index is 13.7. The fourth-order valence-corrected chi connectivity index (χ4v) is 5.01. The number of Topliss-reactive ketones (excluding diaryl/α,β-unsaturated/α-hetero) is 1. The maximum Gasteiger partial charge on any atom is 0.336 e. The molecule has 6 nitrogen and oxygen atoms in total. The average Bonchev–Trinajstić information content (AvgIpc) is 2.83. The molecule has 3 unspecified atom stereocenters. The van der Waals surface area contributed by atoms with E-state index in [4.69, 9.17) is 25.8 Å². The number of carbonyl (C=O) groups excluding carboxylic acids is 2. The number of hydrogen-bond acceptors (Lipinski definition) is 6. The number of methoxy groups -OCH3 is 2. The molecular formula is C27H28ClNO5. The molecule has 178 valence electrons. The smallest absolute Gasteiger partial charge is 0.336 e. The summed E-state index contributed by atoms with van der Waals surface area (Å²) in [5.41, 5.74) is 3.63. The Hall–Kier alpha value is -3.25. The molecular weight excluding hydrogens is 454 g/mol. The number of fused-ring (bicyclic) bond motifs is 1. The summed E-state index contributed by atoms with van der Waals surface area (Å²) in [6.07, 6.45) is 2.41. The van der Waals surface area contributed by atoms with Crippen molar-refractivity contribution in [2.45, 2.75) is 32.1 Å². The van der Waals surface area contributed by atoms with Crippen molar-refractivity contribution in [3.8, 4) is 11.5 Å². The number of nitrogens with one attached hydrogen (secondary N) is 1. The maximum absolute atomic E-state index is 13.7. The molecule has 3 atom stereocenters. The molecule has 7 heteroatoms. The van der Waals surface area contributed by atoms with Crippen molar-refractivity contribution in [3.05, 3.63) is 81.7 Å². The van der Waals surface area contributed by atoms with Gasteiger partial charge in [0.25, 0.3) is 0 Å². The predicted molar refractivity (Wildman–Crippen MR) is 130 cm³/mol. The van der Waals surface area contributed by atoms with Crippen molar-refractivity contribution < 1.29 is 23.8 Å². The van der Waals surface area contributed by atoms with Gasteiger partial charge >= 0.3 is 5.97 Å². The standard InChI is InChI=1S/C27H28ClNO5/c1-5-34-27(31)24-15(2)29-21-12-17(16-6-8-18(28)9-7-16)13-22(30)26(21)25(24)20-11-10-19(32-3)14-23(20)33-4/h6-12,14,17,25-26,29H,5,13H2,1-4H3. The minimum absolute atomic E-state index is 0.0436. The second-order valence-electron chi connectivity index (χ2n) is 8.40. The SMILES string of the molecule is CCOC(=O)C1=C(C)NC2=CC(c3ccc(Cl)cc3)CC(=O)C2C1c1ccc(OC)cc1OC. The monoisotopic (exact) mass is 481 g/mol. The van der Waals surface area contributed by atoms with Crippen molar-refractivity contribution in [2.24, 2.45) is 5.92 Å². The van der Waals surface area contributed by atoms with Gasteiger partial charge in [0.1, 0.15) is 17.3 Å². The van der Waals surface area contributed by atoms with Gasteiger partial charge in [0.2, 0.25) is 0 Å². The third-order valence-corrected chi connectivity index (χ3v) is 6.69. The highest BCUT2D eigenvalue weighted by Gasteiger charge is 2.46. The fraction of sp³-hybridized carbons (Fsp3) is 0.333. The summed E-state index contributed by atoms with van der Waals surface area (Å²) in [6.45, 7) is 3.84. The molecule has 0 aromatic heterocycles. The number of allylic oxidation sites excluding steroid dienone is 3. The summed E-state index contributed by atoms with van der Waals surface area (Å²) in [6, 6.07) is 13.0. The van der Waals surface area contributed by atoms with E-state index in [9.17, 15) is 9.59 Å². The minimum Gasteiger partial charge on any atom is -0.497 e. The van der Waals surface area contributed by atoms with E-state index in [1.54, 1.807) is 27.2 Å². The number of hydrogen-bond donors (Lipinski definition) is 1. The molecule has 1 heterocycles. The number of halogens is 1. The second-order valence-corrected chi connectivity index (χ2v) is 8.83. The van der Waals surface area contributed by atoms with E-state index >= 15 is 0 Å². The van der Waals surface area contributed by atoms with Crippen molar-refractivity contribution in [2.75, 3.05) is 20.8 Å². The van der Waals surface area contributed by atoms with Gasteiger partial charge in [-0.05, 0) is 37.6 Å². The highest BCUT2D eigenvalue weighted by atomic mass is 35.5. The predicted octanol–water partition coefficient (Wildman–Crippen LogP) is 5.14. The van der Waals surface area contributed by atoms with Gasteiger partial charge < -0.3 is 19.5 Å². The molecule has 0 fully saturated rings. The Labute approximate surface area is 204 Å². The normalized spacial score (nSPS) is 21.9. The molecule has 0 radical (unpaired) electrons. The lowest BCUT2D eigenvalue weighted by molar-refractivity contribution is -0.139. The van der Waals surface area contributed by atoms with Gasteiger partial charge in [-0.25, -0.2) is 4.79 Å².